The van der Waals surface area contributed by atoms with Crippen molar-refractivity contribution in [2.75, 3.05) is 0 Å². The molecule has 2 aliphatic rings. The Bertz CT molecular complexity index is 221. The molecule has 0 aliphatic heterocycles. The van der Waals surface area contributed by atoms with E-state index in [1.165, 1.54) is 6.42 Å². The fourth-order valence-electron chi connectivity index (χ4n) is 1.89. The van der Waals surface area contributed by atoms with Gasteiger partial charge in [0, 0.05) is 5.92 Å². The molecule has 0 aromatic carbocycles. The maximum absolute atomic E-state index is 11.5. The van der Waals surface area contributed by atoms with E-state index in [4.69, 9.17) is 0 Å². The fraction of sp³-hybridized carbons (Fsp3) is 0.900. The average molecular weight is 183 g/mol. The summed E-state index contributed by atoms with van der Waals surface area (Å²) >= 11 is 0. The molecule has 2 atom stereocenters. The fourth-order valence-corrected chi connectivity index (χ4v) is 1.89. The largest absolute Gasteiger partial charge is 0.388 e. The second-order valence-corrected chi connectivity index (χ2v) is 4.58. The van der Waals surface area contributed by atoms with E-state index in [0.717, 1.165) is 25.7 Å². The summed E-state index contributed by atoms with van der Waals surface area (Å²) in [4.78, 5) is 11.5. The van der Waals surface area contributed by atoms with Crippen molar-refractivity contribution in [3.63, 3.8) is 0 Å². The van der Waals surface area contributed by atoms with Gasteiger partial charge in [0.25, 0.3) is 0 Å². The molecule has 0 bridgehead atoms. The number of nitrogens with one attached hydrogen (secondary N) is 1. The van der Waals surface area contributed by atoms with Crippen LogP contribution in [0.25, 0.3) is 0 Å². The first-order valence-corrected chi connectivity index (χ1v) is 5.12. The highest BCUT2D eigenvalue weighted by molar-refractivity contribution is 5.79. The van der Waals surface area contributed by atoms with E-state index in [1.807, 2.05) is 0 Å². The summed E-state index contributed by atoms with van der Waals surface area (Å²) in [5.41, 5.74) is -0.653. The Morgan fingerprint density at radius 2 is 2.15 bits per heavy atom. The molecule has 2 rings (SSSR count). The van der Waals surface area contributed by atoms with E-state index >= 15 is 0 Å². The lowest BCUT2D eigenvalue weighted by Gasteiger charge is -2.44. The van der Waals surface area contributed by atoms with E-state index in [0.29, 0.717) is 0 Å². The quantitative estimate of drug-likeness (QED) is 0.665. The summed E-state index contributed by atoms with van der Waals surface area (Å²) in [7, 11) is 0. The maximum atomic E-state index is 11.5. The van der Waals surface area contributed by atoms with Crippen LogP contribution in [0.1, 0.15) is 39.0 Å². The molecular formula is C10H17NO2. The SMILES string of the molecule is C[C@@]1(O)CC[C@H]1NC(=O)C1CCC1. The summed E-state index contributed by atoms with van der Waals surface area (Å²) in [6.07, 6.45) is 4.97. The molecule has 3 nitrogen and oxygen atoms in total. The van der Waals surface area contributed by atoms with Gasteiger partial charge in [0.15, 0.2) is 0 Å². The molecule has 0 radical (unpaired) electrons. The highest BCUT2D eigenvalue weighted by Gasteiger charge is 2.42. The van der Waals surface area contributed by atoms with Gasteiger partial charge in [-0.1, -0.05) is 6.42 Å². The summed E-state index contributed by atoms with van der Waals surface area (Å²) < 4.78 is 0. The van der Waals surface area contributed by atoms with Crippen molar-refractivity contribution in [1.82, 2.24) is 5.32 Å². The van der Waals surface area contributed by atoms with Crippen LogP contribution in [0.3, 0.4) is 0 Å². The first kappa shape index (κ1) is 9.00. The first-order valence-electron chi connectivity index (χ1n) is 5.12. The summed E-state index contributed by atoms with van der Waals surface area (Å²) in [5.74, 6) is 0.382. The normalized spacial score (nSPS) is 39.1. The van der Waals surface area contributed by atoms with Gasteiger partial charge in [-0.25, -0.2) is 0 Å². The maximum Gasteiger partial charge on any atom is 0.223 e. The van der Waals surface area contributed by atoms with Crippen molar-refractivity contribution in [2.24, 2.45) is 5.92 Å². The third-order valence-corrected chi connectivity index (χ3v) is 3.48. The van der Waals surface area contributed by atoms with Crippen LogP contribution in [-0.4, -0.2) is 22.7 Å². The zero-order valence-corrected chi connectivity index (χ0v) is 8.05. The summed E-state index contributed by atoms with van der Waals surface area (Å²) in [6, 6.07) is 0.000556. The third kappa shape index (κ3) is 1.57. The van der Waals surface area contributed by atoms with Crippen molar-refractivity contribution in [3.05, 3.63) is 0 Å². The number of hydrogen-bond acceptors (Lipinski definition) is 2. The molecule has 2 fully saturated rings. The predicted molar refractivity (Wildman–Crippen MR) is 49.1 cm³/mol. The van der Waals surface area contributed by atoms with Gasteiger partial charge in [-0.2, -0.15) is 0 Å². The second kappa shape index (κ2) is 2.98. The van der Waals surface area contributed by atoms with E-state index in [1.54, 1.807) is 6.92 Å². The van der Waals surface area contributed by atoms with Crippen molar-refractivity contribution >= 4 is 5.91 Å². The number of amides is 1. The zero-order valence-electron chi connectivity index (χ0n) is 8.05. The Balaban J connectivity index is 1.80. The highest BCUT2D eigenvalue weighted by Crippen LogP contribution is 2.33. The van der Waals surface area contributed by atoms with Crippen molar-refractivity contribution in [3.8, 4) is 0 Å². The molecule has 2 saturated carbocycles. The Hall–Kier alpha value is -0.570. The molecule has 3 heteroatoms. The summed E-state index contributed by atoms with van der Waals surface area (Å²) in [6.45, 7) is 1.79. The number of carbonyl (C=O) groups excluding carboxylic acids is 1. The summed E-state index contributed by atoms with van der Waals surface area (Å²) in [5, 5.41) is 12.6. The van der Waals surface area contributed by atoms with Gasteiger partial charge in [0.05, 0.1) is 11.6 Å². The molecule has 0 aromatic rings. The van der Waals surface area contributed by atoms with Crippen LogP contribution in [0.15, 0.2) is 0 Å². The molecule has 0 heterocycles. The molecule has 0 spiro atoms. The molecule has 13 heavy (non-hydrogen) atoms. The van der Waals surface area contributed by atoms with E-state index < -0.39 is 5.60 Å². The van der Waals surface area contributed by atoms with Gasteiger partial charge in [0.1, 0.15) is 0 Å². The van der Waals surface area contributed by atoms with E-state index in [9.17, 15) is 9.90 Å². The lowest BCUT2D eigenvalue weighted by Crippen LogP contribution is -2.59. The standard InChI is InChI=1S/C10H17NO2/c1-10(13)6-5-8(10)11-9(12)7-3-2-4-7/h7-8,13H,2-6H2,1H3,(H,11,12)/t8-,10-/m1/s1. The monoisotopic (exact) mass is 183 g/mol. The van der Waals surface area contributed by atoms with Gasteiger partial charge in [-0.15, -0.1) is 0 Å². The third-order valence-electron chi connectivity index (χ3n) is 3.48. The Labute approximate surface area is 78.5 Å². The van der Waals surface area contributed by atoms with Gasteiger partial charge >= 0.3 is 0 Å². The van der Waals surface area contributed by atoms with Crippen molar-refractivity contribution in [2.45, 2.75) is 50.7 Å². The molecule has 74 valence electrons. The zero-order chi connectivity index (χ0) is 9.47. The minimum Gasteiger partial charge on any atom is -0.388 e. The van der Waals surface area contributed by atoms with Crippen LogP contribution in [0.4, 0.5) is 0 Å². The van der Waals surface area contributed by atoms with Crippen LogP contribution in [0.2, 0.25) is 0 Å². The smallest absolute Gasteiger partial charge is 0.223 e. The predicted octanol–water partition coefficient (Wildman–Crippen LogP) is 0.816. The van der Waals surface area contributed by atoms with Crippen molar-refractivity contribution < 1.29 is 9.90 Å². The number of rotatable bonds is 2. The second-order valence-electron chi connectivity index (χ2n) is 4.58. The lowest BCUT2D eigenvalue weighted by atomic mass is 9.75. The number of carbonyl (C=O) groups is 1. The van der Waals surface area contributed by atoms with Gasteiger partial charge in [-0.3, -0.25) is 4.79 Å². The van der Waals surface area contributed by atoms with Crippen LogP contribution in [-0.2, 0) is 4.79 Å². The van der Waals surface area contributed by atoms with Gasteiger partial charge in [0.2, 0.25) is 5.91 Å². The molecule has 0 unspecified atom stereocenters. The van der Waals surface area contributed by atoms with Crippen molar-refractivity contribution in [1.29, 1.82) is 0 Å². The van der Waals surface area contributed by atoms with Crippen LogP contribution >= 0.6 is 0 Å². The van der Waals surface area contributed by atoms with Crippen LogP contribution in [0.5, 0.6) is 0 Å². The van der Waals surface area contributed by atoms with Gasteiger partial charge < -0.3 is 10.4 Å². The number of aliphatic hydroxyl groups is 1. The number of hydrogen-bond donors (Lipinski definition) is 2. The topological polar surface area (TPSA) is 49.3 Å². The van der Waals surface area contributed by atoms with E-state index in [-0.39, 0.29) is 17.9 Å². The Kier molecular flexibility index (Phi) is 2.06. The van der Waals surface area contributed by atoms with E-state index in [2.05, 4.69) is 5.32 Å². The molecule has 0 saturated heterocycles. The lowest BCUT2D eigenvalue weighted by molar-refractivity contribution is -0.134. The molecular weight excluding hydrogens is 166 g/mol. The van der Waals surface area contributed by atoms with Crippen LogP contribution < -0.4 is 5.32 Å². The minimum atomic E-state index is -0.653. The average Bonchev–Trinajstić information content (AvgIpc) is 1.95. The Morgan fingerprint density at radius 1 is 1.46 bits per heavy atom. The first-order chi connectivity index (χ1) is 6.09. The van der Waals surface area contributed by atoms with Gasteiger partial charge in [-0.05, 0) is 32.6 Å². The molecule has 2 aliphatic carbocycles. The molecule has 1 amide bonds. The highest BCUT2D eigenvalue weighted by atomic mass is 16.3. The van der Waals surface area contributed by atoms with Crippen LogP contribution in [0, 0.1) is 5.92 Å². The molecule has 2 N–H and O–H groups in total. The molecule has 0 aromatic heterocycles. The Morgan fingerprint density at radius 3 is 2.46 bits per heavy atom. The minimum absolute atomic E-state index is 0.000556.